The number of carbonyl (C=O) groups is 1. The number of hydrogen-bond donors (Lipinski definition) is 2. The van der Waals surface area contributed by atoms with Gasteiger partial charge in [0.05, 0.1) is 24.8 Å². The highest BCUT2D eigenvalue weighted by molar-refractivity contribution is 5.69. The van der Waals surface area contributed by atoms with Crippen molar-refractivity contribution in [1.82, 2.24) is 10.5 Å². The molecule has 6 nitrogen and oxygen atoms in total. The van der Waals surface area contributed by atoms with Crippen LogP contribution in [0.2, 0.25) is 0 Å². The molecular weight excluding hydrogens is 224 g/mol. The Labute approximate surface area is 99.9 Å². The lowest BCUT2D eigenvalue weighted by molar-refractivity contribution is -0.145. The predicted octanol–water partition coefficient (Wildman–Crippen LogP) is 0.387. The molecule has 1 atom stereocenters. The van der Waals surface area contributed by atoms with E-state index < -0.39 is 6.10 Å². The fourth-order valence-corrected chi connectivity index (χ4v) is 1.35. The van der Waals surface area contributed by atoms with E-state index in [0.717, 1.165) is 11.5 Å². The van der Waals surface area contributed by atoms with Crippen LogP contribution in [0.5, 0.6) is 0 Å². The van der Waals surface area contributed by atoms with E-state index in [1.165, 1.54) is 0 Å². The van der Waals surface area contributed by atoms with E-state index in [4.69, 9.17) is 9.26 Å². The summed E-state index contributed by atoms with van der Waals surface area (Å²) in [5, 5.41) is 16.3. The van der Waals surface area contributed by atoms with Gasteiger partial charge >= 0.3 is 5.97 Å². The third kappa shape index (κ3) is 5.46. The number of aromatic nitrogens is 1. The highest BCUT2D eigenvalue weighted by atomic mass is 16.5. The fourth-order valence-electron chi connectivity index (χ4n) is 1.35. The lowest BCUT2D eigenvalue weighted by Crippen LogP contribution is -2.29. The van der Waals surface area contributed by atoms with E-state index in [1.54, 1.807) is 6.92 Å². The number of aliphatic hydroxyl groups excluding tert-OH is 1. The summed E-state index contributed by atoms with van der Waals surface area (Å²) in [4.78, 5) is 11.1. The Kier molecular flexibility index (Phi) is 5.65. The van der Waals surface area contributed by atoms with Crippen LogP contribution in [0.25, 0.3) is 0 Å². The van der Waals surface area contributed by atoms with Crippen molar-refractivity contribution in [2.45, 2.75) is 32.9 Å². The molecule has 96 valence electrons. The van der Waals surface area contributed by atoms with E-state index >= 15 is 0 Å². The summed E-state index contributed by atoms with van der Waals surface area (Å²) < 4.78 is 9.62. The molecule has 17 heavy (non-hydrogen) atoms. The third-order valence-corrected chi connectivity index (χ3v) is 2.07. The minimum absolute atomic E-state index is 0.00131. The predicted molar refractivity (Wildman–Crippen MR) is 60.2 cm³/mol. The van der Waals surface area contributed by atoms with Gasteiger partial charge in [-0.15, -0.1) is 0 Å². The van der Waals surface area contributed by atoms with Gasteiger partial charge in [0.2, 0.25) is 0 Å². The minimum atomic E-state index is -0.748. The first kappa shape index (κ1) is 13.7. The van der Waals surface area contributed by atoms with E-state index in [2.05, 4.69) is 10.5 Å². The number of nitrogens with zero attached hydrogens (tertiary/aromatic N) is 1. The molecule has 1 rings (SSSR count). The summed E-state index contributed by atoms with van der Waals surface area (Å²) in [7, 11) is 0. The average molecular weight is 242 g/mol. The first-order valence-corrected chi connectivity index (χ1v) is 5.58. The van der Waals surface area contributed by atoms with Gasteiger partial charge in [-0.3, -0.25) is 4.79 Å². The van der Waals surface area contributed by atoms with Gasteiger partial charge in [-0.1, -0.05) is 5.16 Å². The van der Waals surface area contributed by atoms with Gasteiger partial charge in [0.15, 0.2) is 0 Å². The van der Waals surface area contributed by atoms with Crippen LogP contribution < -0.4 is 5.32 Å². The monoisotopic (exact) mass is 242 g/mol. The van der Waals surface area contributed by atoms with Crippen molar-refractivity contribution in [3.63, 3.8) is 0 Å². The molecule has 0 aliphatic carbocycles. The molecule has 0 saturated carbocycles. The molecule has 0 fully saturated rings. The molecule has 1 aromatic rings. The highest BCUT2D eigenvalue weighted by Crippen LogP contribution is 2.01. The van der Waals surface area contributed by atoms with Crippen molar-refractivity contribution in [1.29, 1.82) is 0 Å². The molecular formula is C11H18N2O4. The SMILES string of the molecule is CCOC(=O)CC(O)CNCc1cc(C)on1. The summed E-state index contributed by atoms with van der Waals surface area (Å²) >= 11 is 0. The fraction of sp³-hybridized carbons (Fsp3) is 0.636. The van der Waals surface area contributed by atoms with Gasteiger partial charge in [0.25, 0.3) is 0 Å². The topological polar surface area (TPSA) is 84.6 Å². The van der Waals surface area contributed by atoms with E-state index in [1.807, 2.05) is 13.0 Å². The largest absolute Gasteiger partial charge is 0.466 e. The Morgan fingerprint density at radius 2 is 2.47 bits per heavy atom. The van der Waals surface area contributed by atoms with Gasteiger partial charge < -0.3 is 19.7 Å². The molecule has 0 bridgehead atoms. The minimum Gasteiger partial charge on any atom is -0.466 e. The Morgan fingerprint density at radius 3 is 3.06 bits per heavy atom. The maximum absolute atomic E-state index is 11.1. The van der Waals surface area contributed by atoms with Crippen LogP contribution in [0, 0.1) is 6.92 Å². The second kappa shape index (κ2) is 7.03. The molecule has 1 unspecified atom stereocenters. The number of carbonyl (C=O) groups excluding carboxylic acids is 1. The highest BCUT2D eigenvalue weighted by Gasteiger charge is 2.11. The molecule has 0 aromatic carbocycles. The van der Waals surface area contributed by atoms with Crippen LogP contribution in [0.1, 0.15) is 24.8 Å². The van der Waals surface area contributed by atoms with Crippen molar-refractivity contribution < 1.29 is 19.2 Å². The molecule has 0 aliphatic heterocycles. The maximum atomic E-state index is 11.1. The molecule has 2 N–H and O–H groups in total. The van der Waals surface area contributed by atoms with Gasteiger partial charge in [-0.2, -0.15) is 0 Å². The number of ether oxygens (including phenoxy) is 1. The van der Waals surface area contributed by atoms with E-state index in [-0.39, 0.29) is 12.4 Å². The van der Waals surface area contributed by atoms with Crippen LogP contribution >= 0.6 is 0 Å². The first-order chi connectivity index (χ1) is 8.11. The summed E-state index contributed by atoms with van der Waals surface area (Å²) in [5.74, 6) is 0.355. The summed E-state index contributed by atoms with van der Waals surface area (Å²) in [5.41, 5.74) is 0.769. The molecule has 1 heterocycles. The number of esters is 1. The van der Waals surface area contributed by atoms with Crippen molar-refractivity contribution in [2.75, 3.05) is 13.2 Å². The van der Waals surface area contributed by atoms with Crippen LogP contribution in [0.15, 0.2) is 10.6 Å². The molecule has 1 aromatic heterocycles. The number of rotatable bonds is 7. The third-order valence-electron chi connectivity index (χ3n) is 2.07. The Bertz CT molecular complexity index is 351. The maximum Gasteiger partial charge on any atom is 0.308 e. The molecule has 0 radical (unpaired) electrons. The molecule has 0 saturated heterocycles. The molecule has 0 amide bonds. The van der Waals surface area contributed by atoms with Crippen LogP contribution in [0.4, 0.5) is 0 Å². The van der Waals surface area contributed by atoms with Crippen molar-refractivity contribution >= 4 is 5.97 Å². The number of aryl methyl sites for hydroxylation is 1. The summed E-state index contributed by atoms with van der Waals surface area (Å²) in [6, 6.07) is 1.81. The zero-order valence-electron chi connectivity index (χ0n) is 10.1. The summed E-state index contributed by atoms with van der Waals surface area (Å²) in [6.45, 7) is 4.68. The molecule has 0 spiro atoms. The number of nitrogens with one attached hydrogen (secondary N) is 1. The van der Waals surface area contributed by atoms with Crippen molar-refractivity contribution in [2.24, 2.45) is 0 Å². The van der Waals surface area contributed by atoms with Gasteiger partial charge in [-0.05, 0) is 13.8 Å². The van der Waals surface area contributed by atoms with Crippen LogP contribution in [0.3, 0.4) is 0 Å². The Balaban J connectivity index is 2.15. The molecule has 0 aliphatic rings. The van der Waals surface area contributed by atoms with Gasteiger partial charge in [0, 0.05) is 19.2 Å². The van der Waals surface area contributed by atoms with Crippen LogP contribution in [-0.4, -0.2) is 35.5 Å². The zero-order valence-corrected chi connectivity index (χ0v) is 10.1. The lowest BCUT2D eigenvalue weighted by atomic mass is 10.2. The quantitative estimate of drug-likeness (QED) is 0.673. The van der Waals surface area contributed by atoms with Gasteiger partial charge in [0.1, 0.15) is 5.76 Å². The Morgan fingerprint density at radius 1 is 1.71 bits per heavy atom. The average Bonchev–Trinajstić information content (AvgIpc) is 2.64. The summed E-state index contributed by atoms with van der Waals surface area (Å²) in [6.07, 6.45) is -0.749. The standard InChI is InChI=1S/C11H18N2O4/c1-3-16-11(15)5-10(14)7-12-6-9-4-8(2)17-13-9/h4,10,12,14H,3,5-7H2,1-2H3. The van der Waals surface area contributed by atoms with Crippen molar-refractivity contribution in [3.8, 4) is 0 Å². The van der Waals surface area contributed by atoms with Crippen LogP contribution in [-0.2, 0) is 16.1 Å². The lowest BCUT2D eigenvalue weighted by Gasteiger charge is -2.10. The van der Waals surface area contributed by atoms with Crippen molar-refractivity contribution in [3.05, 3.63) is 17.5 Å². The molecule has 6 heteroatoms. The normalized spacial score (nSPS) is 12.4. The second-order valence-corrected chi connectivity index (χ2v) is 3.72. The van der Waals surface area contributed by atoms with Gasteiger partial charge in [-0.25, -0.2) is 0 Å². The van der Waals surface area contributed by atoms with E-state index in [9.17, 15) is 9.90 Å². The Hall–Kier alpha value is -1.40. The zero-order chi connectivity index (χ0) is 12.7. The number of aliphatic hydroxyl groups is 1. The number of hydrogen-bond acceptors (Lipinski definition) is 6. The second-order valence-electron chi connectivity index (χ2n) is 3.72. The smallest absolute Gasteiger partial charge is 0.308 e. The first-order valence-electron chi connectivity index (χ1n) is 5.58. The van der Waals surface area contributed by atoms with E-state index in [0.29, 0.717) is 19.7 Å².